The molecule has 0 aliphatic rings. The molecule has 0 saturated heterocycles. The molecular formula is C17H14O5. The first-order valence-electron chi connectivity index (χ1n) is 6.49. The first-order valence-corrected chi connectivity index (χ1v) is 6.49. The lowest BCUT2D eigenvalue weighted by molar-refractivity contribution is -0.0425. The van der Waals surface area contributed by atoms with Gasteiger partial charge in [-0.15, -0.1) is 0 Å². The topological polar surface area (TPSA) is 94.8 Å². The molecule has 0 aliphatic heterocycles. The van der Waals surface area contributed by atoms with E-state index < -0.39 is 12.3 Å². The van der Waals surface area contributed by atoms with Crippen molar-refractivity contribution < 1.29 is 24.9 Å². The number of allylic oxidation sites excluding steroid dienone is 1. The molecule has 2 aromatic rings. The molecule has 0 amide bonds. The van der Waals surface area contributed by atoms with E-state index in [9.17, 15) is 9.59 Å². The first kappa shape index (κ1) is 15.6. The largest absolute Gasteiger partial charge is 0.478 e. The molecule has 0 radical (unpaired) electrons. The molecule has 3 N–H and O–H groups in total. The van der Waals surface area contributed by atoms with Crippen molar-refractivity contribution in [1.29, 1.82) is 0 Å². The number of aliphatic hydroxyl groups excluding tert-OH is 1. The zero-order valence-electron chi connectivity index (χ0n) is 11.5. The number of aliphatic hydroxyl groups is 2. The van der Waals surface area contributed by atoms with Crippen LogP contribution >= 0.6 is 0 Å². The van der Waals surface area contributed by atoms with Crippen LogP contribution in [0.1, 0.15) is 38.1 Å². The summed E-state index contributed by atoms with van der Waals surface area (Å²) in [7, 11) is 0. The molecular weight excluding hydrogens is 284 g/mol. The van der Waals surface area contributed by atoms with Crippen molar-refractivity contribution in [3.8, 4) is 0 Å². The highest BCUT2D eigenvalue weighted by atomic mass is 16.5. The fourth-order valence-electron chi connectivity index (χ4n) is 1.90. The fourth-order valence-corrected chi connectivity index (χ4v) is 1.90. The zero-order chi connectivity index (χ0) is 16.1. The summed E-state index contributed by atoms with van der Waals surface area (Å²) in [6, 6.07) is 12.2. The summed E-state index contributed by atoms with van der Waals surface area (Å²) in [5, 5.41) is 27.1. The molecule has 0 aromatic heterocycles. The molecule has 0 unspecified atom stereocenters. The van der Waals surface area contributed by atoms with Gasteiger partial charge in [0.1, 0.15) is 0 Å². The third-order valence-corrected chi connectivity index (χ3v) is 3.03. The van der Waals surface area contributed by atoms with Crippen LogP contribution in [0.5, 0.6) is 0 Å². The smallest absolute Gasteiger partial charge is 0.335 e. The van der Waals surface area contributed by atoms with Gasteiger partial charge in [-0.05, 0) is 29.8 Å². The summed E-state index contributed by atoms with van der Waals surface area (Å²) in [6.07, 6.45) is 1.27. The van der Waals surface area contributed by atoms with Gasteiger partial charge in [-0.1, -0.05) is 36.4 Å². The van der Waals surface area contributed by atoms with Gasteiger partial charge in [-0.3, -0.25) is 4.79 Å². The molecule has 22 heavy (non-hydrogen) atoms. The minimum Gasteiger partial charge on any atom is -0.478 e. The second-order valence-corrected chi connectivity index (χ2v) is 4.63. The predicted octanol–water partition coefficient (Wildman–Crippen LogP) is 2.26. The van der Waals surface area contributed by atoms with E-state index >= 15 is 0 Å². The van der Waals surface area contributed by atoms with Gasteiger partial charge in [0, 0.05) is 11.1 Å². The number of benzene rings is 2. The van der Waals surface area contributed by atoms with E-state index in [1.165, 1.54) is 36.4 Å². The molecule has 2 aromatic carbocycles. The number of rotatable bonds is 5. The maximum Gasteiger partial charge on any atom is 0.335 e. The Labute approximate surface area is 126 Å². The van der Waals surface area contributed by atoms with Crippen LogP contribution in [0.25, 0.3) is 6.08 Å². The molecule has 0 saturated carbocycles. The third kappa shape index (κ3) is 3.88. The normalized spacial score (nSPS) is 11.0. The number of aromatic carboxylic acids is 1. The summed E-state index contributed by atoms with van der Waals surface area (Å²) in [6.45, 7) is 0. The number of hydrogen-bond acceptors (Lipinski definition) is 4. The van der Waals surface area contributed by atoms with Gasteiger partial charge < -0.3 is 15.3 Å². The Hall–Kier alpha value is -2.76. The molecule has 112 valence electrons. The summed E-state index contributed by atoms with van der Waals surface area (Å²) < 4.78 is 0. The minimum atomic E-state index is -1.57. The number of carbonyl (C=O) groups is 2. The van der Waals surface area contributed by atoms with E-state index in [2.05, 4.69) is 0 Å². The summed E-state index contributed by atoms with van der Waals surface area (Å²) in [4.78, 5) is 22.9. The Morgan fingerprint density at radius 1 is 0.955 bits per heavy atom. The predicted molar refractivity (Wildman–Crippen MR) is 80.4 cm³/mol. The number of carboxylic acid groups (broad SMARTS) is 1. The maximum absolute atomic E-state index is 12.0. The van der Waals surface area contributed by atoms with Crippen LogP contribution in [-0.2, 0) is 0 Å². The molecule has 0 spiro atoms. The van der Waals surface area contributed by atoms with E-state index in [-0.39, 0.29) is 16.9 Å². The average Bonchev–Trinajstić information content (AvgIpc) is 2.53. The SMILES string of the molecule is O=C(O)c1cccc(C(=O)/C=C/c2cccc(C(O)O)c2)c1. The summed E-state index contributed by atoms with van der Waals surface area (Å²) in [5.74, 6) is -1.43. The molecule has 2 rings (SSSR count). The monoisotopic (exact) mass is 298 g/mol. The maximum atomic E-state index is 12.0. The quantitative estimate of drug-likeness (QED) is 0.447. The van der Waals surface area contributed by atoms with Crippen molar-refractivity contribution in [2.45, 2.75) is 6.29 Å². The average molecular weight is 298 g/mol. The van der Waals surface area contributed by atoms with Gasteiger partial charge in [0.15, 0.2) is 12.1 Å². The van der Waals surface area contributed by atoms with E-state index in [1.54, 1.807) is 24.3 Å². The highest BCUT2D eigenvalue weighted by molar-refractivity contribution is 6.07. The lowest BCUT2D eigenvalue weighted by Crippen LogP contribution is -2.00. The molecule has 0 atom stereocenters. The Bertz CT molecular complexity index is 731. The Morgan fingerprint density at radius 3 is 2.32 bits per heavy atom. The van der Waals surface area contributed by atoms with Crippen molar-refractivity contribution >= 4 is 17.8 Å². The fraction of sp³-hybridized carbons (Fsp3) is 0.0588. The molecule has 0 heterocycles. The molecule has 5 heteroatoms. The highest BCUT2D eigenvalue weighted by Crippen LogP contribution is 2.14. The second-order valence-electron chi connectivity index (χ2n) is 4.63. The van der Waals surface area contributed by atoms with Crippen LogP contribution in [0.3, 0.4) is 0 Å². The van der Waals surface area contributed by atoms with Gasteiger partial charge >= 0.3 is 5.97 Å². The van der Waals surface area contributed by atoms with E-state index in [0.717, 1.165) is 0 Å². The van der Waals surface area contributed by atoms with Crippen molar-refractivity contribution in [2.24, 2.45) is 0 Å². The van der Waals surface area contributed by atoms with Crippen molar-refractivity contribution in [3.63, 3.8) is 0 Å². The summed E-state index contributed by atoms with van der Waals surface area (Å²) in [5.41, 5.74) is 1.27. The van der Waals surface area contributed by atoms with Crippen LogP contribution in [0.2, 0.25) is 0 Å². The second kappa shape index (κ2) is 6.80. The van der Waals surface area contributed by atoms with Crippen molar-refractivity contribution in [1.82, 2.24) is 0 Å². The first-order chi connectivity index (χ1) is 10.5. The van der Waals surface area contributed by atoms with Gasteiger partial charge in [-0.25, -0.2) is 4.79 Å². The Balaban J connectivity index is 2.19. The summed E-state index contributed by atoms with van der Waals surface area (Å²) >= 11 is 0. The van der Waals surface area contributed by atoms with Crippen molar-refractivity contribution in [3.05, 3.63) is 76.9 Å². The Morgan fingerprint density at radius 2 is 1.64 bits per heavy atom. The minimum absolute atomic E-state index is 0.0460. The van der Waals surface area contributed by atoms with Gasteiger partial charge in [0.2, 0.25) is 0 Å². The van der Waals surface area contributed by atoms with Crippen LogP contribution in [0.4, 0.5) is 0 Å². The van der Waals surface area contributed by atoms with Gasteiger partial charge in [-0.2, -0.15) is 0 Å². The highest BCUT2D eigenvalue weighted by Gasteiger charge is 2.07. The standard InChI is InChI=1S/C17H14O5/c18-15(12-4-2-6-14(10-12)17(21)22)8-7-11-3-1-5-13(9-11)16(19)20/h1-10,16,19-20H,(H,21,22)/b8-7+. The van der Waals surface area contributed by atoms with Crippen LogP contribution in [0, 0.1) is 0 Å². The number of hydrogen-bond donors (Lipinski definition) is 3. The van der Waals surface area contributed by atoms with Crippen LogP contribution in [0.15, 0.2) is 54.6 Å². The number of carbonyl (C=O) groups excluding carboxylic acids is 1. The van der Waals surface area contributed by atoms with E-state index in [0.29, 0.717) is 11.1 Å². The lowest BCUT2D eigenvalue weighted by Gasteiger charge is -2.04. The van der Waals surface area contributed by atoms with Crippen LogP contribution in [-0.4, -0.2) is 27.1 Å². The molecule has 5 nitrogen and oxygen atoms in total. The number of carboxylic acids is 1. The molecule has 0 fully saturated rings. The molecule has 0 aliphatic carbocycles. The van der Waals surface area contributed by atoms with E-state index in [1.807, 2.05) is 0 Å². The van der Waals surface area contributed by atoms with E-state index in [4.69, 9.17) is 15.3 Å². The molecule has 0 bridgehead atoms. The lowest BCUT2D eigenvalue weighted by atomic mass is 10.1. The van der Waals surface area contributed by atoms with Crippen molar-refractivity contribution in [2.75, 3.05) is 0 Å². The third-order valence-electron chi connectivity index (χ3n) is 3.03. The number of ketones is 1. The Kier molecular flexibility index (Phi) is 4.83. The van der Waals surface area contributed by atoms with Gasteiger partial charge in [0.25, 0.3) is 0 Å². The zero-order valence-corrected chi connectivity index (χ0v) is 11.5. The van der Waals surface area contributed by atoms with Gasteiger partial charge in [0.05, 0.1) is 5.56 Å². The van der Waals surface area contributed by atoms with Crippen LogP contribution < -0.4 is 0 Å².